The third-order valence-corrected chi connectivity index (χ3v) is 7.09. The zero-order chi connectivity index (χ0) is 21.6. The average Bonchev–Trinajstić information content (AvgIpc) is 3.27. The van der Waals surface area contributed by atoms with Gasteiger partial charge < -0.3 is 19.3 Å². The van der Waals surface area contributed by atoms with Crippen molar-refractivity contribution in [2.45, 2.75) is 37.4 Å². The number of morpholine rings is 1. The highest BCUT2D eigenvalue weighted by atomic mass is 32.2. The lowest BCUT2D eigenvalue weighted by molar-refractivity contribution is -0.935. The topological polar surface area (TPSA) is 73.9 Å². The van der Waals surface area contributed by atoms with Crippen molar-refractivity contribution in [3.63, 3.8) is 0 Å². The second-order valence-electron chi connectivity index (χ2n) is 8.10. The first-order valence-corrected chi connectivity index (χ1v) is 12.1. The third kappa shape index (κ3) is 5.22. The Morgan fingerprint density at radius 2 is 1.87 bits per heavy atom. The van der Waals surface area contributed by atoms with E-state index in [1.54, 1.807) is 12.0 Å². The van der Waals surface area contributed by atoms with E-state index in [9.17, 15) is 4.79 Å². The molecular formula is C22H32N5O3S+. The number of nitrogens with one attached hydrogen (secondary N) is 1. The number of nitrogens with zero attached hydrogens (tertiary/aromatic N) is 4. The molecular weight excluding hydrogens is 414 g/mol. The minimum absolute atomic E-state index is 0.119. The van der Waals surface area contributed by atoms with Crippen molar-refractivity contribution in [1.82, 2.24) is 19.7 Å². The van der Waals surface area contributed by atoms with Crippen LogP contribution in [0.4, 0.5) is 0 Å². The molecule has 9 heteroatoms. The van der Waals surface area contributed by atoms with Gasteiger partial charge in [-0.05, 0) is 50.5 Å². The Hall–Kier alpha value is -2.10. The highest BCUT2D eigenvalue weighted by molar-refractivity contribution is 7.99. The molecule has 2 aliphatic rings. The van der Waals surface area contributed by atoms with Gasteiger partial charge in [0.15, 0.2) is 11.0 Å². The molecule has 0 saturated carbocycles. The number of quaternary nitrogens is 1. The molecule has 0 unspecified atom stereocenters. The van der Waals surface area contributed by atoms with Crippen molar-refractivity contribution in [2.24, 2.45) is 0 Å². The number of piperidine rings is 1. The van der Waals surface area contributed by atoms with E-state index in [1.807, 2.05) is 29.2 Å². The predicted molar refractivity (Wildman–Crippen MR) is 119 cm³/mol. The number of thioether (sulfide) groups is 1. The summed E-state index contributed by atoms with van der Waals surface area (Å²) >= 11 is 1.46. The summed E-state index contributed by atoms with van der Waals surface area (Å²) in [7, 11) is 1.67. The standard InChI is InChI=1S/C22H31N5O3S/c1-17(25-10-4-3-5-11-25)21-23-24-22(27(21)18-6-8-19(29-2)9-7-18)31-16-20(28)26-12-14-30-15-13-26/h6-9,17H,3-5,10-16H2,1-2H3/p+1/t17-/m1/s1. The van der Waals surface area contributed by atoms with Gasteiger partial charge in [-0.3, -0.25) is 9.36 Å². The fourth-order valence-electron chi connectivity index (χ4n) is 4.28. The third-order valence-electron chi connectivity index (χ3n) is 6.17. The monoisotopic (exact) mass is 446 g/mol. The Bertz CT molecular complexity index is 861. The summed E-state index contributed by atoms with van der Waals surface area (Å²) in [5.41, 5.74) is 0.991. The molecule has 2 fully saturated rings. The number of amides is 1. The van der Waals surface area contributed by atoms with Gasteiger partial charge in [0.25, 0.3) is 0 Å². The van der Waals surface area contributed by atoms with E-state index in [4.69, 9.17) is 9.47 Å². The maximum atomic E-state index is 12.7. The number of hydrogen-bond donors (Lipinski definition) is 1. The quantitative estimate of drug-likeness (QED) is 0.648. The molecule has 3 heterocycles. The van der Waals surface area contributed by atoms with Gasteiger partial charge in [-0.25, -0.2) is 0 Å². The summed E-state index contributed by atoms with van der Waals surface area (Å²) in [6, 6.07) is 8.19. The summed E-state index contributed by atoms with van der Waals surface area (Å²) in [6.45, 7) is 7.09. The highest BCUT2D eigenvalue weighted by Crippen LogP contribution is 2.26. The van der Waals surface area contributed by atoms with E-state index in [0.717, 1.165) is 35.5 Å². The van der Waals surface area contributed by atoms with Crippen molar-refractivity contribution in [3.8, 4) is 11.4 Å². The van der Waals surface area contributed by atoms with E-state index in [1.165, 1.54) is 31.0 Å². The Kier molecular flexibility index (Phi) is 7.47. The number of aromatic nitrogens is 3. The van der Waals surface area contributed by atoms with Gasteiger partial charge in [0, 0.05) is 18.8 Å². The van der Waals surface area contributed by atoms with E-state index in [0.29, 0.717) is 32.1 Å². The van der Waals surface area contributed by atoms with E-state index >= 15 is 0 Å². The Morgan fingerprint density at radius 1 is 1.16 bits per heavy atom. The van der Waals surface area contributed by atoms with E-state index in [-0.39, 0.29) is 11.9 Å². The first kappa shape index (κ1) is 22.1. The molecule has 0 aliphatic carbocycles. The second kappa shape index (κ2) is 10.5. The maximum absolute atomic E-state index is 12.7. The number of benzene rings is 1. The van der Waals surface area contributed by atoms with Gasteiger partial charge >= 0.3 is 0 Å². The number of ether oxygens (including phenoxy) is 2. The Balaban J connectivity index is 1.57. The van der Waals surface area contributed by atoms with Gasteiger partial charge in [0.2, 0.25) is 5.91 Å². The smallest absolute Gasteiger partial charge is 0.233 e. The van der Waals surface area contributed by atoms with Crippen LogP contribution in [0.3, 0.4) is 0 Å². The van der Waals surface area contributed by atoms with Crippen LogP contribution in [0.15, 0.2) is 29.4 Å². The van der Waals surface area contributed by atoms with Crippen LogP contribution < -0.4 is 9.64 Å². The molecule has 0 bridgehead atoms. The van der Waals surface area contributed by atoms with Crippen LogP contribution in [0.1, 0.15) is 38.1 Å². The normalized spacial score (nSPS) is 18.7. The molecule has 1 aromatic carbocycles. The van der Waals surface area contributed by atoms with Crippen LogP contribution in [0.5, 0.6) is 5.75 Å². The molecule has 2 saturated heterocycles. The summed E-state index contributed by atoms with van der Waals surface area (Å²) in [5.74, 6) is 2.22. The molecule has 4 rings (SSSR count). The zero-order valence-corrected chi connectivity index (χ0v) is 19.2. The van der Waals surface area contributed by atoms with Crippen LogP contribution in [0.2, 0.25) is 0 Å². The van der Waals surface area contributed by atoms with Crippen molar-refractivity contribution >= 4 is 17.7 Å². The van der Waals surface area contributed by atoms with Gasteiger partial charge in [-0.2, -0.15) is 0 Å². The molecule has 0 radical (unpaired) electrons. The summed E-state index contributed by atoms with van der Waals surface area (Å²) < 4.78 is 12.8. The maximum Gasteiger partial charge on any atom is 0.233 e. The first-order chi connectivity index (χ1) is 15.2. The van der Waals surface area contributed by atoms with Crippen molar-refractivity contribution in [1.29, 1.82) is 0 Å². The van der Waals surface area contributed by atoms with Gasteiger partial charge in [0.1, 0.15) is 11.8 Å². The molecule has 1 atom stereocenters. The SMILES string of the molecule is COc1ccc(-n2c(SCC(=O)N3CCOCC3)nnc2[C@@H](C)[NH+]2CCCCC2)cc1. The summed E-state index contributed by atoms with van der Waals surface area (Å²) in [5, 5.41) is 9.85. The number of rotatable bonds is 7. The fraction of sp³-hybridized carbons (Fsp3) is 0.591. The van der Waals surface area contributed by atoms with Crippen LogP contribution in [0, 0.1) is 0 Å². The molecule has 1 amide bonds. The fourth-order valence-corrected chi connectivity index (χ4v) is 5.14. The number of carbonyl (C=O) groups is 1. The van der Waals surface area contributed by atoms with E-state index < -0.39 is 0 Å². The predicted octanol–water partition coefficient (Wildman–Crippen LogP) is 1.36. The Labute approximate surface area is 187 Å². The van der Waals surface area contributed by atoms with Crippen molar-refractivity contribution in [2.75, 3.05) is 52.3 Å². The number of hydrogen-bond acceptors (Lipinski definition) is 6. The lowest BCUT2D eigenvalue weighted by atomic mass is 10.1. The zero-order valence-electron chi connectivity index (χ0n) is 18.4. The molecule has 0 spiro atoms. The molecule has 2 aliphatic heterocycles. The van der Waals surface area contributed by atoms with Crippen LogP contribution in [-0.2, 0) is 9.53 Å². The summed E-state index contributed by atoms with van der Waals surface area (Å²) in [6.07, 6.45) is 3.82. The largest absolute Gasteiger partial charge is 0.497 e. The number of methoxy groups -OCH3 is 1. The minimum atomic E-state index is 0.119. The van der Waals surface area contributed by atoms with Crippen LogP contribution in [0.25, 0.3) is 5.69 Å². The number of likely N-dealkylation sites (tertiary alicyclic amines) is 1. The first-order valence-electron chi connectivity index (χ1n) is 11.1. The summed E-state index contributed by atoms with van der Waals surface area (Å²) in [4.78, 5) is 16.1. The number of carbonyl (C=O) groups excluding carboxylic acids is 1. The molecule has 31 heavy (non-hydrogen) atoms. The van der Waals surface area contributed by atoms with Crippen molar-refractivity contribution < 1.29 is 19.2 Å². The minimum Gasteiger partial charge on any atom is -0.497 e. The van der Waals surface area contributed by atoms with Crippen molar-refractivity contribution in [3.05, 3.63) is 30.1 Å². The molecule has 168 valence electrons. The lowest BCUT2D eigenvalue weighted by Crippen LogP contribution is -3.12. The van der Waals surface area contributed by atoms with Gasteiger partial charge in [0.05, 0.1) is 39.2 Å². The van der Waals surface area contributed by atoms with Gasteiger partial charge in [-0.1, -0.05) is 11.8 Å². The van der Waals surface area contributed by atoms with Crippen LogP contribution >= 0.6 is 11.8 Å². The molecule has 1 N–H and O–H groups in total. The lowest BCUT2D eigenvalue weighted by Gasteiger charge is -2.29. The highest BCUT2D eigenvalue weighted by Gasteiger charge is 2.29. The van der Waals surface area contributed by atoms with Crippen LogP contribution in [-0.4, -0.2) is 77.8 Å². The molecule has 2 aromatic rings. The Morgan fingerprint density at radius 3 is 2.55 bits per heavy atom. The molecule has 8 nitrogen and oxygen atoms in total. The second-order valence-corrected chi connectivity index (χ2v) is 9.04. The van der Waals surface area contributed by atoms with E-state index in [2.05, 4.69) is 21.7 Å². The molecule has 1 aromatic heterocycles. The van der Waals surface area contributed by atoms with Gasteiger partial charge in [-0.15, -0.1) is 10.2 Å². The average molecular weight is 447 g/mol.